The number of carbonyl (C=O) groups excluding carboxylic acids is 1. The van der Waals surface area contributed by atoms with E-state index in [-0.39, 0.29) is 12.5 Å². The summed E-state index contributed by atoms with van der Waals surface area (Å²) in [5, 5.41) is 4.30. The molecule has 1 heterocycles. The summed E-state index contributed by atoms with van der Waals surface area (Å²) in [6, 6.07) is 0. The van der Waals surface area contributed by atoms with E-state index in [0.29, 0.717) is 11.8 Å². The Morgan fingerprint density at radius 1 is 1.85 bits per heavy atom. The number of thioether (sulfide) groups is 1. The molecule has 0 spiro atoms. The Morgan fingerprint density at radius 3 is 3.23 bits per heavy atom. The van der Waals surface area contributed by atoms with Crippen molar-refractivity contribution >= 4 is 22.9 Å². The molecule has 1 fully saturated rings. The van der Waals surface area contributed by atoms with Gasteiger partial charge >= 0.3 is 5.97 Å². The average molecular weight is 203 g/mol. The lowest BCUT2D eigenvalue weighted by molar-refractivity contribution is -0.143. The molecule has 0 amide bonds. The summed E-state index contributed by atoms with van der Waals surface area (Å²) in [5.41, 5.74) is 0. The molecule has 1 aliphatic rings. The Labute approximate surface area is 81.3 Å². The molecule has 1 saturated heterocycles. The molecule has 13 heavy (non-hydrogen) atoms. The van der Waals surface area contributed by atoms with E-state index in [1.165, 1.54) is 0 Å². The van der Waals surface area contributed by atoms with Crippen molar-refractivity contribution in [2.75, 3.05) is 25.4 Å². The first-order valence-electron chi connectivity index (χ1n) is 4.09. The highest BCUT2D eigenvalue weighted by Crippen LogP contribution is 2.16. The number of rotatable bonds is 3. The minimum atomic E-state index is -0.230. The molecule has 5 nitrogen and oxygen atoms in total. The molecule has 2 N–H and O–H groups in total. The number of amidine groups is 1. The van der Waals surface area contributed by atoms with Gasteiger partial charge in [-0.1, -0.05) is 11.8 Å². The highest BCUT2D eigenvalue weighted by atomic mass is 32.2. The number of carbonyl (C=O) groups is 1. The molecule has 0 aliphatic carbocycles. The second kappa shape index (κ2) is 4.96. The number of hydrazone groups is 1. The molecule has 0 aromatic rings. The third-order valence-electron chi connectivity index (χ3n) is 1.60. The number of ether oxygens (including phenoxy) is 1. The third-order valence-corrected chi connectivity index (χ3v) is 2.61. The minimum Gasteiger partial charge on any atom is -0.465 e. The molecule has 0 aromatic carbocycles. The van der Waals surface area contributed by atoms with Crippen molar-refractivity contribution in [3.63, 3.8) is 0 Å². The van der Waals surface area contributed by atoms with Gasteiger partial charge < -0.3 is 15.5 Å². The van der Waals surface area contributed by atoms with Crippen molar-refractivity contribution < 1.29 is 9.53 Å². The van der Waals surface area contributed by atoms with Gasteiger partial charge in [0.15, 0.2) is 5.17 Å². The fraction of sp³-hybridized carbons (Fsp3) is 0.714. The van der Waals surface area contributed by atoms with Gasteiger partial charge in [0.25, 0.3) is 0 Å². The van der Waals surface area contributed by atoms with E-state index in [0.717, 1.165) is 12.3 Å². The van der Waals surface area contributed by atoms with Crippen molar-refractivity contribution in [2.24, 2.45) is 10.9 Å². The zero-order chi connectivity index (χ0) is 9.68. The van der Waals surface area contributed by atoms with Gasteiger partial charge in [0.05, 0.1) is 6.61 Å². The molecule has 0 aromatic heterocycles. The second-order valence-corrected chi connectivity index (χ2v) is 3.55. The first-order valence-corrected chi connectivity index (χ1v) is 5.07. The van der Waals surface area contributed by atoms with E-state index in [2.05, 4.69) is 5.10 Å². The highest BCUT2D eigenvalue weighted by molar-refractivity contribution is 8.14. The van der Waals surface area contributed by atoms with E-state index in [9.17, 15) is 4.79 Å². The first-order chi connectivity index (χ1) is 6.27. The zero-order valence-electron chi connectivity index (χ0n) is 7.52. The molecule has 0 saturated carbocycles. The van der Waals surface area contributed by atoms with Crippen molar-refractivity contribution in [3.05, 3.63) is 0 Å². The van der Waals surface area contributed by atoms with Gasteiger partial charge in [0.2, 0.25) is 0 Å². The van der Waals surface area contributed by atoms with Crippen molar-refractivity contribution in [1.82, 2.24) is 4.90 Å². The van der Waals surface area contributed by atoms with Gasteiger partial charge in [-0.2, -0.15) is 5.10 Å². The van der Waals surface area contributed by atoms with Crippen LogP contribution in [0.1, 0.15) is 6.92 Å². The summed E-state index contributed by atoms with van der Waals surface area (Å²) < 4.78 is 4.81. The van der Waals surface area contributed by atoms with Crippen LogP contribution in [0.2, 0.25) is 0 Å². The third kappa shape index (κ3) is 2.80. The summed E-state index contributed by atoms with van der Waals surface area (Å²) in [7, 11) is 0. The van der Waals surface area contributed by atoms with Gasteiger partial charge in [0, 0.05) is 12.3 Å². The van der Waals surface area contributed by atoms with Crippen LogP contribution >= 0.6 is 11.8 Å². The Balaban J connectivity index is 2.40. The fourth-order valence-corrected chi connectivity index (χ4v) is 1.97. The summed E-state index contributed by atoms with van der Waals surface area (Å²) in [6.07, 6.45) is 0. The van der Waals surface area contributed by atoms with Crippen LogP contribution in [0.25, 0.3) is 0 Å². The van der Waals surface area contributed by atoms with Crippen LogP contribution in [-0.4, -0.2) is 41.5 Å². The van der Waals surface area contributed by atoms with Crippen molar-refractivity contribution in [1.29, 1.82) is 0 Å². The number of nitrogens with zero attached hydrogens (tertiary/aromatic N) is 2. The molecule has 74 valence electrons. The topological polar surface area (TPSA) is 67.9 Å². The lowest BCUT2D eigenvalue weighted by atomic mass is 10.5. The second-order valence-electron chi connectivity index (χ2n) is 2.49. The maximum Gasteiger partial charge on any atom is 0.325 e. The van der Waals surface area contributed by atoms with E-state index in [1.54, 1.807) is 18.7 Å². The number of hydrogen-bond acceptors (Lipinski definition) is 5. The summed E-state index contributed by atoms with van der Waals surface area (Å²) in [5.74, 6) is 5.84. The Morgan fingerprint density at radius 2 is 2.62 bits per heavy atom. The molecule has 1 rings (SSSR count). The summed E-state index contributed by atoms with van der Waals surface area (Å²) in [4.78, 5) is 12.9. The largest absolute Gasteiger partial charge is 0.465 e. The Hall–Kier alpha value is -0.910. The van der Waals surface area contributed by atoms with Crippen LogP contribution in [0, 0.1) is 0 Å². The standard InChI is InChI=1S/C7H13N3O2S/c1-2-12-6(11)5-10-3-4-13-7(10)9-8/h2-5,8H2,1H3. The van der Waals surface area contributed by atoms with Crippen LogP contribution in [0.3, 0.4) is 0 Å². The Kier molecular flexibility index (Phi) is 3.88. The molecule has 0 atom stereocenters. The highest BCUT2D eigenvalue weighted by Gasteiger charge is 2.21. The van der Waals surface area contributed by atoms with E-state index in [4.69, 9.17) is 10.6 Å². The van der Waals surface area contributed by atoms with Gasteiger partial charge in [-0.25, -0.2) is 0 Å². The molecule has 0 radical (unpaired) electrons. The normalized spacial score (nSPS) is 19.5. The van der Waals surface area contributed by atoms with E-state index < -0.39 is 0 Å². The van der Waals surface area contributed by atoms with Gasteiger partial charge in [-0.3, -0.25) is 4.79 Å². The zero-order valence-corrected chi connectivity index (χ0v) is 8.34. The maximum atomic E-state index is 11.1. The van der Waals surface area contributed by atoms with Crippen LogP contribution in [0.5, 0.6) is 0 Å². The van der Waals surface area contributed by atoms with Crippen LogP contribution in [0.4, 0.5) is 0 Å². The quantitative estimate of drug-likeness (QED) is 0.392. The monoisotopic (exact) mass is 203 g/mol. The fourth-order valence-electron chi connectivity index (χ4n) is 1.06. The van der Waals surface area contributed by atoms with E-state index in [1.807, 2.05) is 4.90 Å². The van der Waals surface area contributed by atoms with Gasteiger partial charge in [0.1, 0.15) is 6.54 Å². The lowest BCUT2D eigenvalue weighted by Crippen LogP contribution is -2.32. The minimum absolute atomic E-state index is 0.230. The average Bonchev–Trinajstić information content (AvgIpc) is 2.52. The predicted molar refractivity (Wildman–Crippen MR) is 52.3 cm³/mol. The first kappa shape index (κ1) is 10.2. The van der Waals surface area contributed by atoms with Crippen molar-refractivity contribution in [2.45, 2.75) is 6.92 Å². The number of esters is 1. The molecule has 6 heteroatoms. The number of hydrogen-bond donors (Lipinski definition) is 1. The van der Waals surface area contributed by atoms with Crippen LogP contribution in [-0.2, 0) is 9.53 Å². The molecule has 1 aliphatic heterocycles. The smallest absolute Gasteiger partial charge is 0.325 e. The predicted octanol–water partition coefficient (Wildman–Crippen LogP) is -0.172. The molecular weight excluding hydrogens is 190 g/mol. The summed E-state index contributed by atoms with van der Waals surface area (Å²) >= 11 is 1.55. The lowest BCUT2D eigenvalue weighted by Gasteiger charge is -2.15. The van der Waals surface area contributed by atoms with Gasteiger partial charge in [-0.05, 0) is 6.92 Å². The maximum absolute atomic E-state index is 11.1. The molecule has 0 unspecified atom stereocenters. The van der Waals surface area contributed by atoms with E-state index >= 15 is 0 Å². The van der Waals surface area contributed by atoms with Crippen LogP contribution < -0.4 is 5.84 Å². The molecule has 0 bridgehead atoms. The summed E-state index contributed by atoms with van der Waals surface area (Å²) in [6.45, 7) is 3.25. The van der Waals surface area contributed by atoms with Crippen LogP contribution in [0.15, 0.2) is 5.10 Å². The van der Waals surface area contributed by atoms with Crippen molar-refractivity contribution in [3.8, 4) is 0 Å². The Bertz CT molecular complexity index is 220. The number of nitrogens with two attached hydrogens (primary N) is 1. The van der Waals surface area contributed by atoms with Gasteiger partial charge in [-0.15, -0.1) is 0 Å². The molecular formula is C7H13N3O2S. The SMILES string of the molecule is CCOC(=O)CN1CCSC1=NN.